The molecule has 0 spiro atoms. The molecule has 0 saturated carbocycles. The van der Waals surface area contributed by atoms with Crippen LogP contribution in [0.1, 0.15) is 32.1 Å². The first-order valence-electron chi connectivity index (χ1n) is 7.31. The summed E-state index contributed by atoms with van der Waals surface area (Å²) < 4.78 is 0. The number of rotatable bonds is 12. The average Bonchev–Trinajstić information content (AvgIpc) is 2.49. The molecule has 2 unspecified atom stereocenters. The topological polar surface area (TPSA) is 191 Å². The maximum absolute atomic E-state index is 11.9. The van der Waals surface area contributed by atoms with Gasteiger partial charge in [-0.25, -0.2) is 0 Å². The van der Waals surface area contributed by atoms with Crippen molar-refractivity contribution in [3.05, 3.63) is 0 Å². The van der Waals surface area contributed by atoms with Gasteiger partial charge in [-0.2, -0.15) is 0 Å². The van der Waals surface area contributed by atoms with E-state index < -0.39 is 42.3 Å². The second-order valence-corrected chi connectivity index (χ2v) is 5.07. The molecule has 0 aromatic carbocycles. The minimum Gasteiger partial charge on any atom is -0.480 e. The zero-order chi connectivity index (χ0) is 17.8. The Hall–Kier alpha value is -2.20. The number of hydrogen-bond donors (Lipinski definition) is 6. The molecule has 0 bridgehead atoms. The van der Waals surface area contributed by atoms with Crippen molar-refractivity contribution in [3.8, 4) is 0 Å². The summed E-state index contributed by atoms with van der Waals surface area (Å²) in [5.41, 5.74) is 16.0. The molecule has 132 valence electrons. The largest absolute Gasteiger partial charge is 0.480 e. The number of primary amides is 1. The average molecular weight is 331 g/mol. The smallest absolute Gasteiger partial charge is 0.322 e. The van der Waals surface area contributed by atoms with E-state index in [0.717, 1.165) is 0 Å². The van der Waals surface area contributed by atoms with E-state index in [1.54, 1.807) is 0 Å². The molecule has 0 aromatic heterocycles. The Morgan fingerprint density at radius 1 is 1.04 bits per heavy atom. The fourth-order valence-corrected chi connectivity index (χ4v) is 1.76. The van der Waals surface area contributed by atoms with Crippen LogP contribution in [0.3, 0.4) is 0 Å². The molecule has 0 aliphatic heterocycles. The number of nitrogens with two attached hydrogens (primary N) is 3. The van der Waals surface area contributed by atoms with Gasteiger partial charge in [0, 0.05) is 6.42 Å². The molecule has 3 amide bonds. The Morgan fingerprint density at radius 2 is 1.70 bits per heavy atom. The second kappa shape index (κ2) is 11.4. The van der Waals surface area contributed by atoms with Crippen molar-refractivity contribution in [1.29, 1.82) is 0 Å². The molecule has 23 heavy (non-hydrogen) atoms. The van der Waals surface area contributed by atoms with Crippen LogP contribution in [-0.4, -0.2) is 54.0 Å². The molecule has 0 fully saturated rings. The number of amides is 3. The van der Waals surface area contributed by atoms with E-state index in [1.807, 2.05) is 0 Å². The Bertz CT molecular complexity index is 429. The van der Waals surface area contributed by atoms with Crippen molar-refractivity contribution in [1.82, 2.24) is 10.6 Å². The number of carbonyl (C=O) groups is 4. The number of carboxylic acid groups (broad SMARTS) is 1. The minimum absolute atomic E-state index is 0.0440. The summed E-state index contributed by atoms with van der Waals surface area (Å²) in [6.07, 6.45) is 1.56. The summed E-state index contributed by atoms with van der Waals surface area (Å²) >= 11 is 0. The summed E-state index contributed by atoms with van der Waals surface area (Å²) in [5, 5.41) is 13.2. The number of nitrogens with one attached hydrogen (secondary N) is 2. The predicted molar refractivity (Wildman–Crippen MR) is 81.9 cm³/mol. The fourth-order valence-electron chi connectivity index (χ4n) is 1.76. The lowest BCUT2D eigenvalue weighted by Crippen LogP contribution is -2.52. The van der Waals surface area contributed by atoms with Gasteiger partial charge in [0.15, 0.2) is 0 Å². The zero-order valence-electron chi connectivity index (χ0n) is 12.9. The van der Waals surface area contributed by atoms with Crippen molar-refractivity contribution >= 4 is 23.7 Å². The van der Waals surface area contributed by atoms with Crippen LogP contribution in [-0.2, 0) is 19.2 Å². The van der Waals surface area contributed by atoms with E-state index in [-0.39, 0.29) is 12.8 Å². The third-order valence-corrected chi connectivity index (χ3v) is 3.03. The molecule has 9 N–H and O–H groups in total. The van der Waals surface area contributed by atoms with Gasteiger partial charge in [-0.05, 0) is 32.2 Å². The summed E-state index contributed by atoms with van der Waals surface area (Å²) in [5.74, 6) is -2.98. The molecule has 0 aromatic rings. The van der Waals surface area contributed by atoms with Crippen molar-refractivity contribution in [2.75, 3.05) is 13.1 Å². The number of carbonyl (C=O) groups excluding carboxylic acids is 3. The highest BCUT2D eigenvalue weighted by Gasteiger charge is 2.23. The Balaban J connectivity index is 4.58. The second-order valence-electron chi connectivity index (χ2n) is 5.07. The third-order valence-electron chi connectivity index (χ3n) is 3.03. The monoisotopic (exact) mass is 331 g/mol. The van der Waals surface area contributed by atoms with Gasteiger partial charge in [-0.15, -0.1) is 0 Å². The van der Waals surface area contributed by atoms with Gasteiger partial charge in [0.2, 0.25) is 17.7 Å². The van der Waals surface area contributed by atoms with Gasteiger partial charge in [0.25, 0.3) is 0 Å². The van der Waals surface area contributed by atoms with Gasteiger partial charge < -0.3 is 32.9 Å². The van der Waals surface area contributed by atoms with Crippen LogP contribution >= 0.6 is 0 Å². The van der Waals surface area contributed by atoms with Crippen molar-refractivity contribution < 1.29 is 24.3 Å². The fraction of sp³-hybridized carbons (Fsp3) is 0.692. The van der Waals surface area contributed by atoms with E-state index in [0.29, 0.717) is 25.8 Å². The van der Waals surface area contributed by atoms with Crippen molar-refractivity contribution in [2.24, 2.45) is 17.2 Å². The standard InChI is InChI=1S/C13H25N5O5/c14-6-2-1-3-9(13(23)17-7-11(20)21)18-12(22)8(15)4-5-10(16)19/h8-9H,1-7,14-15H2,(H2,16,19)(H,17,23)(H,18,22)(H,20,21). The molecule has 0 radical (unpaired) electrons. The number of carboxylic acids is 1. The van der Waals surface area contributed by atoms with Gasteiger partial charge in [-0.1, -0.05) is 0 Å². The van der Waals surface area contributed by atoms with Gasteiger partial charge >= 0.3 is 5.97 Å². The normalized spacial score (nSPS) is 13.0. The van der Waals surface area contributed by atoms with Crippen LogP contribution in [0.2, 0.25) is 0 Å². The van der Waals surface area contributed by atoms with E-state index in [1.165, 1.54) is 0 Å². The lowest BCUT2D eigenvalue weighted by atomic mass is 10.1. The van der Waals surface area contributed by atoms with Gasteiger partial charge in [0.05, 0.1) is 6.04 Å². The quantitative estimate of drug-likeness (QED) is 0.211. The zero-order valence-corrected chi connectivity index (χ0v) is 12.9. The molecule has 0 aliphatic carbocycles. The Labute approximate surface area is 134 Å². The first kappa shape index (κ1) is 20.8. The highest BCUT2D eigenvalue weighted by molar-refractivity contribution is 5.91. The van der Waals surface area contributed by atoms with Crippen LogP contribution in [0.15, 0.2) is 0 Å². The summed E-state index contributed by atoms with van der Waals surface area (Å²) in [4.78, 5) is 45.0. The number of aliphatic carboxylic acids is 1. The van der Waals surface area contributed by atoms with E-state index in [9.17, 15) is 19.2 Å². The lowest BCUT2D eigenvalue weighted by molar-refractivity contribution is -0.138. The highest BCUT2D eigenvalue weighted by Crippen LogP contribution is 2.03. The van der Waals surface area contributed by atoms with Gasteiger partial charge in [0.1, 0.15) is 12.6 Å². The number of hydrogen-bond acceptors (Lipinski definition) is 6. The number of unbranched alkanes of at least 4 members (excludes halogenated alkanes) is 1. The SMILES string of the molecule is NCCCCC(NC(=O)C(N)CCC(N)=O)C(=O)NCC(=O)O. The van der Waals surface area contributed by atoms with Crippen LogP contribution in [0.5, 0.6) is 0 Å². The minimum atomic E-state index is -1.19. The molecule has 0 aliphatic rings. The molecule has 0 rings (SSSR count). The molecular formula is C13H25N5O5. The molecule has 0 saturated heterocycles. The first-order chi connectivity index (χ1) is 10.8. The summed E-state index contributed by atoms with van der Waals surface area (Å²) in [6.45, 7) is -0.106. The molecule has 10 nitrogen and oxygen atoms in total. The van der Waals surface area contributed by atoms with E-state index in [2.05, 4.69) is 10.6 Å². The van der Waals surface area contributed by atoms with E-state index >= 15 is 0 Å². The highest BCUT2D eigenvalue weighted by atomic mass is 16.4. The predicted octanol–water partition coefficient (Wildman–Crippen LogP) is -2.61. The summed E-state index contributed by atoms with van der Waals surface area (Å²) in [7, 11) is 0. The Morgan fingerprint density at radius 3 is 2.22 bits per heavy atom. The molecule has 2 atom stereocenters. The third kappa shape index (κ3) is 10.2. The van der Waals surface area contributed by atoms with Gasteiger partial charge in [-0.3, -0.25) is 19.2 Å². The van der Waals surface area contributed by atoms with Crippen LogP contribution in [0.25, 0.3) is 0 Å². The van der Waals surface area contributed by atoms with Crippen LogP contribution in [0.4, 0.5) is 0 Å². The molecular weight excluding hydrogens is 306 g/mol. The van der Waals surface area contributed by atoms with Crippen LogP contribution < -0.4 is 27.8 Å². The molecule has 0 heterocycles. The van der Waals surface area contributed by atoms with E-state index in [4.69, 9.17) is 22.3 Å². The lowest BCUT2D eigenvalue weighted by Gasteiger charge is -2.20. The summed E-state index contributed by atoms with van der Waals surface area (Å²) in [6, 6.07) is -1.89. The van der Waals surface area contributed by atoms with Crippen LogP contribution in [0, 0.1) is 0 Å². The maximum Gasteiger partial charge on any atom is 0.322 e. The maximum atomic E-state index is 11.9. The molecule has 10 heteroatoms. The van der Waals surface area contributed by atoms with Crippen molar-refractivity contribution in [3.63, 3.8) is 0 Å². The Kier molecular flexibility index (Phi) is 10.3. The first-order valence-corrected chi connectivity index (χ1v) is 7.31. The van der Waals surface area contributed by atoms with Crippen molar-refractivity contribution in [2.45, 2.75) is 44.2 Å².